The molecule has 0 aromatic carbocycles. The van der Waals surface area contributed by atoms with Gasteiger partial charge in [0.25, 0.3) is 5.56 Å². The molecule has 1 heterocycles. The summed E-state index contributed by atoms with van der Waals surface area (Å²) in [6, 6.07) is 4.91. The van der Waals surface area contributed by atoms with Crippen LogP contribution < -0.4 is 5.56 Å². The summed E-state index contributed by atoms with van der Waals surface area (Å²) < 4.78 is 1.47. The van der Waals surface area contributed by atoms with E-state index < -0.39 is 0 Å². The Morgan fingerprint density at radius 2 is 2.33 bits per heavy atom. The average Bonchev–Trinajstić information content (AvgIpc) is 2.09. The number of rotatable bonds is 2. The molecular weight excluding hydrogens is 197 g/mol. The maximum absolute atomic E-state index is 11.1. The van der Waals surface area contributed by atoms with E-state index in [1.807, 2.05) is 0 Å². The first-order valence-electron chi connectivity index (χ1n) is 3.34. The van der Waals surface area contributed by atoms with Gasteiger partial charge in [-0.3, -0.25) is 4.79 Å². The van der Waals surface area contributed by atoms with E-state index in [2.05, 4.69) is 0 Å². The summed E-state index contributed by atoms with van der Waals surface area (Å²) in [5, 5.41) is 0.435. The number of hydrogen-bond acceptors (Lipinski definition) is 1. The number of allylic oxidation sites excluding steroid dienone is 1. The molecule has 12 heavy (non-hydrogen) atoms. The zero-order valence-electron chi connectivity index (χ0n) is 6.21. The van der Waals surface area contributed by atoms with Crippen molar-refractivity contribution in [2.45, 2.75) is 6.54 Å². The Morgan fingerprint density at radius 1 is 1.58 bits per heavy atom. The van der Waals surface area contributed by atoms with Crippen molar-refractivity contribution >= 4 is 23.2 Å². The van der Waals surface area contributed by atoms with Crippen LogP contribution in [0.2, 0.25) is 0 Å². The van der Waals surface area contributed by atoms with Crippen LogP contribution in [0.4, 0.5) is 0 Å². The third kappa shape index (κ3) is 2.40. The monoisotopic (exact) mass is 203 g/mol. The highest BCUT2D eigenvalue weighted by Crippen LogP contribution is 2.04. The van der Waals surface area contributed by atoms with Crippen LogP contribution in [-0.4, -0.2) is 4.57 Å². The van der Waals surface area contributed by atoms with E-state index in [1.165, 1.54) is 16.2 Å². The predicted octanol–water partition coefficient (Wildman–Crippen LogP) is 2.17. The topological polar surface area (TPSA) is 22.0 Å². The molecular formula is C8H7Cl2NO. The number of halogens is 2. The van der Waals surface area contributed by atoms with Gasteiger partial charge in [-0.05, 0) is 6.07 Å². The molecule has 0 aliphatic rings. The molecule has 4 heteroatoms. The summed E-state index contributed by atoms with van der Waals surface area (Å²) in [5.74, 6) is 0. The van der Waals surface area contributed by atoms with Crippen LogP contribution in [0.1, 0.15) is 0 Å². The number of nitrogens with zero attached hydrogens (tertiary/aromatic N) is 1. The van der Waals surface area contributed by atoms with E-state index >= 15 is 0 Å². The second-order valence-electron chi connectivity index (χ2n) is 2.22. The van der Waals surface area contributed by atoms with Crippen LogP contribution in [0.5, 0.6) is 0 Å². The van der Waals surface area contributed by atoms with Crippen LogP contribution in [0, 0.1) is 0 Å². The fourth-order valence-corrected chi connectivity index (χ4v) is 0.986. The molecule has 64 valence electrons. The third-order valence-electron chi connectivity index (χ3n) is 1.34. The van der Waals surface area contributed by atoms with Crippen LogP contribution in [0.15, 0.2) is 39.8 Å². The molecule has 2 nitrogen and oxygen atoms in total. The Morgan fingerprint density at radius 3 is 2.92 bits per heavy atom. The lowest BCUT2D eigenvalue weighted by atomic mass is 10.4. The molecule has 0 aliphatic heterocycles. The van der Waals surface area contributed by atoms with E-state index in [9.17, 15) is 4.79 Å². The fourth-order valence-electron chi connectivity index (χ4n) is 0.789. The molecule has 0 spiro atoms. The zero-order chi connectivity index (χ0) is 8.97. The summed E-state index contributed by atoms with van der Waals surface area (Å²) in [4.78, 5) is 11.1. The van der Waals surface area contributed by atoms with Crippen LogP contribution in [0.3, 0.4) is 0 Å². The van der Waals surface area contributed by atoms with E-state index in [0.29, 0.717) is 11.6 Å². The van der Waals surface area contributed by atoms with Crippen molar-refractivity contribution in [3.63, 3.8) is 0 Å². The van der Waals surface area contributed by atoms with Gasteiger partial charge in [0.1, 0.15) is 0 Å². The van der Waals surface area contributed by atoms with Gasteiger partial charge in [0.05, 0.1) is 6.54 Å². The molecule has 0 atom stereocenters. The molecule has 0 saturated heterocycles. The van der Waals surface area contributed by atoms with Gasteiger partial charge in [0, 0.05) is 22.8 Å². The van der Waals surface area contributed by atoms with Crippen LogP contribution in [-0.2, 0) is 6.54 Å². The van der Waals surface area contributed by atoms with Gasteiger partial charge >= 0.3 is 0 Å². The van der Waals surface area contributed by atoms with Crippen molar-refractivity contribution in [2.24, 2.45) is 0 Å². The Kier molecular flexibility index (Phi) is 3.38. The average molecular weight is 204 g/mol. The van der Waals surface area contributed by atoms with Gasteiger partial charge in [-0.2, -0.15) is 0 Å². The van der Waals surface area contributed by atoms with Gasteiger partial charge in [0.2, 0.25) is 0 Å². The summed E-state index contributed by atoms with van der Waals surface area (Å²) in [5.41, 5.74) is 1.16. The van der Waals surface area contributed by atoms with E-state index in [0.717, 1.165) is 0 Å². The SMILES string of the molecule is O=c1ccccn1C/C(Cl)=C\Cl. The largest absolute Gasteiger partial charge is 0.310 e. The number of pyridine rings is 1. The second-order valence-corrected chi connectivity index (χ2v) is 2.93. The smallest absolute Gasteiger partial charge is 0.250 e. The van der Waals surface area contributed by atoms with Crippen LogP contribution in [0.25, 0.3) is 0 Å². The lowest BCUT2D eigenvalue weighted by Gasteiger charge is -2.01. The molecule has 0 fully saturated rings. The first-order chi connectivity index (χ1) is 5.74. The minimum Gasteiger partial charge on any atom is -0.310 e. The van der Waals surface area contributed by atoms with Crippen LogP contribution >= 0.6 is 23.2 Å². The lowest BCUT2D eigenvalue weighted by molar-refractivity contribution is 0.770. The van der Waals surface area contributed by atoms with E-state index in [-0.39, 0.29) is 5.56 Å². The van der Waals surface area contributed by atoms with Gasteiger partial charge in [-0.1, -0.05) is 29.3 Å². The van der Waals surface area contributed by atoms with Crippen molar-refractivity contribution in [3.05, 3.63) is 45.3 Å². The fraction of sp³-hybridized carbons (Fsp3) is 0.125. The minimum absolute atomic E-state index is 0.0887. The molecule has 1 aromatic rings. The van der Waals surface area contributed by atoms with Crippen molar-refractivity contribution in [2.75, 3.05) is 0 Å². The molecule has 0 aliphatic carbocycles. The predicted molar refractivity (Wildman–Crippen MR) is 50.5 cm³/mol. The van der Waals surface area contributed by atoms with Crippen molar-refractivity contribution in [3.8, 4) is 0 Å². The third-order valence-corrected chi connectivity index (χ3v) is 1.94. The highest BCUT2D eigenvalue weighted by Gasteiger charge is 1.95. The van der Waals surface area contributed by atoms with Crippen molar-refractivity contribution in [1.29, 1.82) is 0 Å². The van der Waals surface area contributed by atoms with E-state index in [1.54, 1.807) is 18.3 Å². The molecule has 0 saturated carbocycles. The lowest BCUT2D eigenvalue weighted by Crippen LogP contribution is -2.17. The standard InChI is InChI=1S/C8H7Cl2NO/c9-5-7(10)6-11-4-2-1-3-8(11)12/h1-5H,6H2/b7-5+. The summed E-state index contributed by atoms with van der Waals surface area (Å²) >= 11 is 11.0. The second kappa shape index (κ2) is 4.33. The molecule has 1 rings (SSSR count). The summed E-state index contributed by atoms with van der Waals surface area (Å²) in [6.45, 7) is 0.324. The first kappa shape index (κ1) is 9.36. The first-order valence-corrected chi connectivity index (χ1v) is 4.15. The van der Waals surface area contributed by atoms with Gasteiger partial charge in [-0.15, -0.1) is 0 Å². The molecule has 0 unspecified atom stereocenters. The maximum Gasteiger partial charge on any atom is 0.250 e. The highest BCUT2D eigenvalue weighted by molar-refractivity contribution is 6.36. The quantitative estimate of drug-likeness (QED) is 0.723. The Labute approximate surface area is 80.0 Å². The molecule has 0 bridgehead atoms. The zero-order valence-corrected chi connectivity index (χ0v) is 7.72. The number of aromatic nitrogens is 1. The normalized spacial score (nSPS) is 11.7. The summed E-state index contributed by atoms with van der Waals surface area (Å²) in [6.07, 6.45) is 1.66. The Balaban J connectivity index is 2.90. The van der Waals surface area contributed by atoms with Crippen molar-refractivity contribution in [1.82, 2.24) is 4.57 Å². The Bertz CT molecular complexity index is 343. The Hall–Kier alpha value is -0.730. The molecule has 1 aromatic heterocycles. The molecule has 0 amide bonds. The summed E-state index contributed by atoms with van der Waals surface area (Å²) in [7, 11) is 0. The minimum atomic E-state index is -0.0887. The number of hydrogen-bond donors (Lipinski definition) is 0. The van der Waals surface area contributed by atoms with Gasteiger partial charge in [-0.25, -0.2) is 0 Å². The van der Waals surface area contributed by atoms with E-state index in [4.69, 9.17) is 23.2 Å². The van der Waals surface area contributed by atoms with Crippen molar-refractivity contribution < 1.29 is 0 Å². The van der Waals surface area contributed by atoms with Gasteiger partial charge in [0.15, 0.2) is 0 Å². The molecule has 0 N–H and O–H groups in total. The molecule has 0 radical (unpaired) electrons. The highest BCUT2D eigenvalue weighted by atomic mass is 35.5. The van der Waals surface area contributed by atoms with Gasteiger partial charge < -0.3 is 4.57 Å². The maximum atomic E-state index is 11.1.